The summed E-state index contributed by atoms with van der Waals surface area (Å²) in [5.74, 6) is 1.30. The van der Waals surface area contributed by atoms with Gasteiger partial charge in [-0.25, -0.2) is 4.98 Å². The van der Waals surface area contributed by atoms with Gasteiger partial charge in [-0.3, -0.25) is 4.79 Å². The van der Waals surface area contributed by atoms with Crippen LogP contribution in [0, 0.1) is 12.8 Å². The zero-order valence-corrected chi connectivity index (χ0v) is 14.1. The molecule has 0 bridgehead atoms. The van der Waals surface area contributed by atoms with E-state index < -0.39 is 0 Å². The van der Waals surface area contributed by atoms with E-state index in [1.54, 1.807) is 18.3 Å². The first-order valence-electron chi connectivity index (χ1n) is 8.08. The minimum Gasteiger partial charge on any atom is -0.370 e. The van der Waals surface area contributed by atoms with Crippen molar-refractivity contribution in [2.45, 2.75) is 33.7 Å². The van der Waals surface area contributed by atoms with E-state index in [-0.39, 0.29) is 5.91 Å². The molecule has 0 atom stereocenters. The second-order valence-corrected chi connectivity index (χ2v) is 6.21. The summed E-state index contributed by atoms with van der Waals surface area (Å²) in [6.45, 7) is 7.80. The zero-order chi connectivity index (χ0) is 16.7. The van der Waals surface area contributed by atoms with Crippen molar-refractivity contribution >= 4 is 11.7 Å². The van der Waals surface area contributed by atoms with E-state index in [1.165, 1.54) is 5.56 Å². The molecule has 2 N–H and O–H groups in total. The number of aromatic nitrogens is 1. The second-order valence-electron chi connectivity index (χ2n) is 6.21. The summed E-state index contributed by atoms with van der Waals surface area (Å²) in [5, 5.41) is 6.21. The number of hydrogen-bond donors (Lipinski definition) is 2. The molecule has 1 amide bonds. The van der Waals surface area contributed by atoms with E-state index in [0.717, 1.165) is 24.3 Å². The van der Waals surface area contributed by atoms with E-state index in [9.17, 15) is 4.79 Å². The van der Waals surface area contributed by atoms with Crippen molar-refractivity contribution in [1.82, 2.24) is 10.3 Å². The number of nitrogens with one attached hydrogen (secondary N) is 2. The lowest BCUT2D eigenvalue weighted by Crippen LogP contribution is -2.23. The Morgan fingerprint density at radius 3 is 2.78 bits per heavy atom. The molecule has 2 rings (SSSR count). The fraction of sp³-hybridized carbons (Fsp3) is 0.368. The molecule has 23 heavy (non-hydrogen) atoms. The highest BCUT2D eigenvalue weighted by molar-refractivity contribution is 5.94. The summed E-state index contributed by atoms with van der Waals surface area (Å²) < 4.78 is 0. The van der Waals surface area contributed by atoms with Gasteiger partial charge in [-0.05, 0) is 37.0 Å². The van der Waals surface area contributed by atoms with Crippen LogP contribution in [0.1, 0.15) is 41.8 Å². The molecule has 1 aromatic heterocycles. The summed E-state index contributed by atoms with van der Waals surface area (Å²) in [4.78, 5) is 16.5. The van der Waals surface area contributed by atoms with Crippen molar-refractivity contribution in [2.75, 3.05) is 11.9 Å². The maximum absolute atomic E-state index is 12.3. The number of benzene rings is 1. The number of nitrogens with zero attached hydrogens (tertiary/aromatic N) is 1. The molecule has 0 fully saturated rings. The minimum atomic E-state index is -0.0826. The number of carbonyl (C=O) groups is 1. The summed E-state index contributed by atoms with van der Waals surface area (Å²) in [6.07, 6.45) is 2.74. The Balaban J connectivity index is 1.91. The van der Waals surface area contributed by atoms with Crippen molar-refractivity contribution in [3.8, 4) is 0 Å². The predicted octanol–water partition coefficient (Wildman–Crippen LogP) is 3.78. The SMILES string of the molecule is Cc1cccc(CNC(=O)c2ccnc(NCCC(C)C)c2)c1. The second kappa shape index (κ2) is 8.32. The van der Waals surface area contributed by atoms with Gasteiger partial charge in [0.1, 0.15) is 5.82 Å². The standard InChI is InChI=1S/C19H25N3O/c1-14(2)7-9-20-18-12-17(8-10-21-18)19(23)22-13-16-6-4-5-15(3)11-16/h4-6,8,10-12,14H,7,9,13H2,1-3H3,(H,20,21)(H,22,23). The van der Waals surface area contributed by atoms with Gasteiger partial charge in [-0.15, -0.1) is 0 Å². The molecule has 0 saturated heterocycles. The first-order chi connectivity index (χ1) is 11.0. The highest BCUT2D eigenvalue weighted by Crippen LogP contribution is 2.09. The average molecular weight is 311 g/mol. The molecule has 0 radical (unpaired) electrons. The summed E-state index contributed by atoms with van der Waals surface area (Å²) >= 11 is 0. The molecule has 0 unspecified atom stereocenters. The minimum absolute atomic E-state index is 0.0826. The summed E-state index contributed by atoms with van der Waals surface area (Å²) in [6, 6.07) is 11.7. The molecule has 0 aliphatic carbocycles. The number of amides is 1. The van der Waals surface area contributed by atoms with Crippen LogP contribution in [0.5, 0.6) is 0 Å². The Hall–Kier alpha value is -2.36. The predicted molar refractivity (Wildman–Crippen MR) is 94.5 cm³/mol. The lowest BCUT2D eigenvalue weighted by molar-refractivity contribution is 0.0951. The van der Waals surface area contributed by atoms with Crippen LogP contribution in [-0.2, 0) is 6.54 Å². The molecule has 1 aromatic carbocycles. The molecule has 0 saturated carbocycles. The third kappa shape index (κ3) is 5.74. The first kappa shape index (κ1) is 17.0. The number of carbonyl (C=O) groups excluding carboxylic acids is 1. The molecule has 122 valence electrons. The quantitative estimate of drug-likeness (QED) is 0.818. The molecule has 0 spiro atoms. The normalized spacial score (nSPS) is 10.6. The van der Waals surface area contributed by atoms with Crippen LogP contribution < -0.4 is 10.6 Å². The molecule has 4 heteroatoms. The van der Waals surface area contributed by atoms with Crippen LogP contribution in [0.3, 0.4) is 0 Å². The Morgan fingerprint density at radius 2 is 2.04 bits per heavy atom. The van der Waals surface area contributed by atoms with Gasteiger partial charge in [0.05, 0.1) is 0 Å². The van der Waals surface area contributed by atoms with Gasteiger partial charge in [0.15, 0.2) is 0 Å². The average Bonchev–Trinajstić information content (AvgIpc) is 2.52. The maximum Gasteiger partial charge on any atom is 0.251 e. The number of pyridine rings is 1. The van der Waals surface area contributed by atoms with Crippen LogP contribution in [0.4, 0.5) is 5.82 Å². The highest BCUT2D eigenvalue weighted by Gasteiger charge is 2.07. The Labute approximate surface area is 138 Å². The molecule has 0 aliphatic heterocycles. The fourth-order valence-electron chi connectivity index (χ4n) is 2.26. The molecule has 2 aromatic rings. The van der Waals surface area contributed by atoms with Crippen LogP contribution in [0.25, 0.3) is 0 Å². The van der Waals surface area contributed by atoms with Crippen LogP contribution in [-0.4, -0.2) is 17.4 Å². The monoisotopic (exact) mass is 311 g/mol. The van der Waals surface area contributed by atoms with Crippen molar-refractivity contribution in [2.24, 2.45) is 5.92 Å². The molecule has 1 heterocycles. The fourth-order valence-corrected chi connectivity index (χ4v) is 2.26. The zero-order valence-electron chi connectivity index (χ0n) is 14.1. The smallest absolute Gasteiger partial charge is 0.251 e. The number of aryl methyl sites for hydroxylation is 1. The first-order valence-corrected chi connectivity index (χ1v) is 8.08. The van der Waals surface area contributed by atoms with Crippen LogP contribution >= 0.6 is 0 Å². The molecular formula is C19H25N3O. The van der Waals surface area contributed by atoms with E-state index in [1.807, 2.05) is 25.1 Å². The molecular weight excluding hydrogens is 286 g/mol. The largest absolute Gasteiger partial charge is 0.370 e. The van der Waals surface area contributed by atoms with Crippen LogP contribution in [0.2, 0.25) is 0 Å². The van der Waals surface area contributed by atoms with Gasteiger partial charge in [-0.2, -0.15) is 0 Å². The van der Waals surface area contributed by atoms with E-state index in [4.69, 9.17) is 0 Å². The molecule has 0 aliphatic rings. The third-order valence-electron chi connectivity index (χ3n) is 3.59. The maximum atomic E-state index is 12.3. The van der Waals surface area contributed by atoms with Gasteiger partial charge in [0.25, 0.3) is 5.91 Å². The Kier molecular flexibility index (Phi) is 6.15. The van der Waals surface area contributed by atoms with Crippen LogP contribution in [0.15, 0.2) is 42.6 Å². The number of rotatable bonds is 7. The number of anilines is 1. The van der Waals surface area contributed by atoms with Gasteiger partial charge in [0, 0.05) is 24.8 Å². The van der Waals surface area contributed by atoms with Crippen molar-refractivity contribution in [3.05, 3.63) is 59.3 Å². The Morgan fingerprint density at radius 1 is 1.22 bits per heavy atom. The summed E-state index contributed by atoms with van der Waals surface area (Å²) in [5.41, 5.74) is 2.92. The summed E-state index contributed by atoms with van der Waals surface area (Å²) in [7, 11) is 0. The van der Waals surface area contributed by atoms with Gasteiger partial charge < -0.3 is 10.6 Å². The third-order valence-corrected chi connectivity index (χ3v) is 3.59. The van der Waals surface area contributed by atoms with Crippen molar-refractivity contribution in [1.29, 1.82) is 0 Å². The highest BCUT2D eigenvalue weighted by atomic mass is 16.1. The Bertz CT molecular complexity index is 653. The topological polar surface area (TPSA) is 54.0 Å². The lowest BCUT2D eigenvalue weighted by Gasteiger charge is -2.09. The lowest BCUT2D eigenvalue weighted by atomic mass is 10.1. The van der Waals surface area contributed by atoms with E-state index in [0.29, 0.717) is 18.0 Å². The van der Waals surface area contributed by atoms with E-state index >= 15 is 0 Å². The molecule has 4 nitrogen and oxygen atoms in total. The van der Waals surface area contributed by atoms with Gasteiger partial charge >= 0.3 is 0 Å². The van der Waals surface area contributed by atoms with Gasteiger partial charge in [0.2, 0.25) is 0 Å². The van der Waals surface area contributed by atoms with Gasteiger partial charge in [-0.1, -0.05) is 43.7 Å². The van der Waals surface area contributed by atoms with Crippen molar-refractivity contribution in [3.63, 3.8) is 0 Å². The number of hydrogen-bond acceptors (Lipinski definition) is 3. The van der Waals surface area contributed by atoms with E-state index in [2.05, 4.69) is 35.5 Å². The van der Waals surface area contributed by atoms with Crippen molar-refractivity contribution < 1.29 is 4.79 Å².